The molecule has 0 radical (unpaired) electrons. The van der Waals surface area contributed by atoms with Crippen LogP contribution in [0.15, 0.2) is 23.1 Å². The zero-order valence-electron chi connectivity index (χ0n) is 10.8. The molecule has 1 fully saturated rings. The Kier molecular flexibility index (Phi) is 3.74. The van der Waals surface area contributed by atoms with Gasteiger partial charge < -0.3 is 0 Å². The molecule has 0 spiro atoms. The summed E-state index contributed by atoms with van der Waals surface area (Å²) in [6.45, 7) is 0. The standard InChI is InChI=1S/C16H20OS/c17-14-6-9-15(10-7-14)18-16-8-5-12-3-1-2-4-13(12)11-16/h5,8,11,15H,1-4,6-7,9-10H2. The summed E-state index contributed by atoms with van der Waals surface area (Å²) >= 11 is 1.99. The lowest BCUT2D eigenvalue weighted by Crippen LogP contribution is -2.15. The average molecular weight is 260 g/mol. The number of aryl methyl sites for hydroxylation is 2. The van der Waals surface area contributed by atoms with E-state index in [-0.39, 0.29) is 0 Å². The quantitative estimate of drug-likeness (QED) is 0.794. The van der Waals surface area contributed by atoms with Gasteiger partial charge in [-0.3, -0.25) is 4.79 Å². The van der Waals surface area contributed by atoms with Crippen molar-refractivity contribution in [3.8, 4) is 0 Å². The van der Waals surface area contributed by atoms with Crippen LogP contribution in [0.25, 0.3) is 0 Å². The molecule has 0 N–H and O–H groups in total. The maximum Gasteiger partial charge on any atom is 0.132 e. The van der Waals surface area contributed by atoms with E-state index in [0.29, 0.717) is 11.0 Å². The van der Waals surface area contributed by atoms with Gasteiger partial charge in [-0.05, 0) is 61.8 Å². The van der Waals surface area contributed by atoms with Crippen molar-refractivity contribution in [3.63, 3.8) is 0 Å². The Morgan fingerprint density at radius 3 is 2.44 bits per heavy atom. The van der Waals surface area contributed by atoms with Gasteiger partial charge in [-0.15, -0.1) is 11.8 Å². The molecule has 2 heteroatoms. The molecule has 0 aromatic heterocycles. The lowest BCUT2D eigenvalue weighted by atomic mass is 9.92. The molecule has 18 heavy (non-hydrogen) atoms. The second-order valence-electron chi connectivity index (χ2n) is 5.49. The van der Waals surface area contributed by atoms with Crippen LogP contribution < -0.4 is 0 Å². The Morgan fingerprint density at radius 1 is 0.944 bits per heavy atom. The molecular formula is C16H20OS. The molecule has 0 atom stereocenters. The van der Waals surface area contributed by atoms with Crippen LogP contribution >= 0.6 is 11.8 Å². The average Bonchev–Trinajstić information content (AvgIpc) is 2.41. The third-order valence-corrected chi connectivity index (χ3v) is 5.44. The summed E-state index contributed by atoms with van der Waals surface area (Å²) in [5.41, 5.74) is 3.13. The number of hydrogen-bond donors (Lipinski definition) is 0. The predicted octanol–water partition coefficient (Wildman–Crippen LogP) is 4.17. The molecule has 1 nitrogen and oxygen atoms in total. The highest BCUT2D eigenvalue weighted by atomic mass is 32.2. The van der Waals surface area contributed by atoms with E-state index in [1.165, 1.54) is 30.6 Å². The minimum atomic E-state index is 0.456. The molecule has 0 bridgehead atoms. The number of fused-ring (bicyclic) bond motifs is 1. The Balaban J connectivity index is 1.67. The molecule has 0 amide bonds. The van der Waals surface area contributed by atoms with E-state index in [4.69, 9.17) is 0 Å². The van der Waals surface area contributed by atoms with Gasteiger partial charge in [-0.2, -0.15) is 0 Å². The van der Waals surface area contributed by atoms with Crippen LogP contribution in [0.2, 0.25) is 0 Å². The van der Waals surface area contributed by atoms with E-state index in [2.05, 4.69) is 18.2 Å². The Bertz CT molecular complexity index is 442. The normalized spacial score (nSPS) is 20.8. The number of benzene rings is 1. The fourth-order valence-corrected chi connectivity index (χ4v) is 4.22. The molecule has 96 valence electrons. The van der Waals surface area contributed by atoms with Gasteiger partial charge in [0.2, 0.25) is 0 Å². The third-order valence-electron chi connectivity index (χ3n) is 4.11. The number of Topliss-reactive ketones (excluding diaryl/α,β-unsaturated/α-hetero) is 1. The minimum Gasteiger partial charge on any atom is -0.300 e. The maximum absolute atomic E-state index is 11.2. The van der Waals surface area contributed by atoms with Gasteiger partial charge in [-0.1, -0.05) is 6.07 Å². The van der Waals surface area contributed by atoms with Gasteiger partial charge in [0.1, 0.15) is 5.78 Å². The first-order chi connectivity index (χ1) is 8.81. The van der Waals surface area contributed by atoms with Crippen molar-refractivity contribution in [2.75, 3.05) is 0 Å². The smallest absolute Gasteiger partial charge is 0.132 e. The number of rotatable bonds is 2. The molecular weight excluding hydrogens is 240 g/mol. The molecule has 0 unspecified atom stereocenters. The SMILES string of the molecule is O=C1CCC(Sc2ccc3c(c2)CCCC3)CC1. The molecule has 0 heterocycles. The van der Waals surface area contributed by atoms with E-state index in [1.54, 1.807) is 11.1 Å². The first-order valence-electron chi connectivity index (χ1n) is 7.11. The van der Waals surface area contributed by atoms with E-state index in [1.807, 2.05) is 11.8 Å². The second kappa shape index (κ2) is 5.48. The molecule has 0 aliphatic heterocycles. The molecule has 1 aromatic rings. The predicted molar refractivity (Wildman–Crippen MR) is 76.2 cm³/mol. The monoisotopic (exact) mass is 260 g/mol. The molecule has 2 aliphatic rings. The van der Waals surface area contributed by atoms with Crippen molar-refractivity contribution in [1.29, 1.82) is 0 Å². The fraction of sp³-hybridized carbons (Fsp3) is 0.562. The van der Waals surface area contributed by atoms with E-state index >= 15 is 0 Å². The largest absolute Gasteiger partial charge is 0.300 e. The van der Waals surface area contributed by atoms with Gasteiger partial charge in [0.15, 0.2) is 0 Å². The van der Waals surface area contributed by atoms with Gasteiger partial charge in [0.25, 0.3) is 0 Å². The molecule has 3 rings (SSSR count). The van der Waals surface area contributed by atoms with Gasteiger partial charge in [0.05, 0.1) is 0 Å². The summed E-state index contributed by atoms with van der Waals surface area (Å²) < 4.78 is 0. The van der Waals surface area contributed by atoms with Crippen LogP contribution in [0, 0.1) is 0 Å². The van der Waals surface area contributed by atoms with Gasteiger partial charge >= 0.3 is 0 Å². The highest BCUT2D eigenvalue weighted by Crippen LogP contribution is 2.34. The maximum atomic E-state index is 11.2. The first kappa shape index (κ1) is 12.3. The van der Waals surface area contributed by atoms with E-state index < -0.39 is 0 Å². The number of thioether (sulfide) groups is 1. The highest BCUT2D eigenvalue weighted by molar-refractivity contribution is 8.00. The summed E-state index contributed by atoms with van der Waals surface area (Å²) in [7, 11) is 0. The zero-order chi connectivity index (χ0) is 12.4. The summed E-state index contributed by atoms with van der Waals surface area (Å²) in [4.78, 5) is 12.7. The van der Waals surface area contributed by atoms with Crippen LogP contribution in [-0.4, -0.2) is 11.0 Å². The van der Waals surface area contributed by atoms with Crippen LogP contribution in [0.3, 0.4) is 0 Å². The zero-order valence-corrected chi connectivity index (χ0v) is 11.6. The topological polar surface area (TPSA) is 17.1 Å². The van der Waals surface area contributed by atoms with E-state index in [9.17, 15) is 4.79 Å². The van der Waals surface area contributed by atoms with Crippen molar-refractivity contribution in [2.45, 2.75) is 61.5 Å². The lowest BCUT2D eigenvalue weighted by Gasteiger charge is -2.22. The number of hydrogen-bond acceptors (Lipinski definition) is 2. The van der Waals surface area contributed by atoms with Crippen LogP contribution in [0.1, 0.15) is 49.7 Å². The van der Waals surface area contributed by atoms with Crippen molar-refractivity contribution >= 4 is 17.5 Å². The number of carbonyl (C=O) groups is 1. The van der Waals surface area contributed by atoms with Crippen molar-refractivity contribution in [1.82, 2.24) is 0 Å². The minimum absolute atomic E-state index is 0.456. The summed E-state index contributed by atoms with van der Waals surface area (Å²) in [5, 5.41) is 0.657. The van der Waals surface area contributed by atoms with E-state index in [0.717, 1.165) is 25.7 Å². The summed E-state index contributed by atoms with van der Waals surface area (Å²) in [6, 6.07) is 7.01. The van der Waals surface area contributed by atoms with Crippen LogP contribution in [-0.2, 0) is 17.6 Å². The number of carbonyl (C=O) groups excluding carboxylic acids is 1. The number of ketones is 1. The second-order valence-corrected chi connectivity index (χ2v) is 6.87. The Morgan fingerprint density at radius 2 is 1.67 bits per heavy atom. The van der Waals surface area contributed by atoms with Crippen molar-refractivity contribution in [2.24, 2.45) is 0 Å². The molecule has 0 saturated heterocycles. The Hall–Kier alpha value is -0.760. The Labute approximate surface area is 113 Å². The summed E-state index contributed by atoms with van der Waals surface area (Å²) in [6.07, 6.45) is 8.95. The van der Waals surface area contributed by atoms with Gasteiger partial charge in [-0.25, -0.2) is 0 Å². The fourth-order valence-electron chi connectivity index (χ4n) is 3.01. The molecule has 1 aromatic carbocycles. The lowest BCUT2D eigenvalue weighted by molar-refractivity contribution is -0.120. The third kappa shape index (κ3) is 2.80. The van der Waals surface area contributed by atoms with Crippen LogP contribution in [0.5, 0.6) is 0 Å². The summed E-state index contributed by atoms with van der Waals surface area (Å²) in [5.74, 6) is 0.456. The van der Waals surface area contributed by atoms with Gasteiger partial charge in [0, 0.05) is 23.0 Å². The molecule has 2 aliphatic carbocycles. The highest BCUT2D eigenvalue weighted by Gasteiger charge is 2.20. The first-order valence-corrected chi connectivity index (χ1v) is 7.99. The molecule has 1 saturated carbocycles. The van der Waals surface area contributed by atoms with Crippen LogP contribution in [0.4, 0.5) is 0 Å². The van der Waals surface area contributed by atoms with Crippen molar-refractivity contribution in [3.05, 3.63) is 29.3 Å². The van der Waals surface area contributed by atoms with Crippen molar-refractivity contribution < 1.29 is 4.79 Å².